The number of nitrogens with zero attached hydrogens (tertiary/aromatic N) is 4. The highest BCUT2D eigenvalue weighted by Crippen LogP contribution is 2.15. The lowest BCUT2D eigenvalue weighted by molar-refractivity contribution is 0.0504. The molecule has 0 N–H and O–H groups in total. The Morgan fingerprint density at radius 1 is 1.59 bits per heavy atom. The van der Waals surface area contributed by atoms with Crippen LogP contribution in [0.1, 0.15) is 23.3 Å². The van der Waals surface area contributed by atoms with E-state index in [9.17, 15) is 4.79 Å². The highest BCUT2D eigenvalue weighted by Gasteiger charge is 2.17. The monoisotopic (exact) mass is 300 g/mol. The fourth-order valence-corrected chi connectivity index (χ4v) is 1.58. The number of esters is 1. The van der Waals surface area contributed by atoms with Crippen LogP contribution < -0.4 is 0 Å². The normalized spacial score (nSPS) is 10.5. The summed E-state index contributed by atoms with van der Waals surface area (Å²) < 4.78 is 12.1. The Morgan fingerprint density at radius 3 is 3.06 bits per heavy atom. The molecule has 2 aromatic rings. The van der Waals surface area contributed by atoms with E-state index in [2.05, 4.69) is 31.5 Å². The lowest BCUT2D eigenvalue weighted by Gasteiger charge is -2.01. The zero-order valence-electron chi connectivity index (χ0n) is 8.96. The first-order chi connectivity index (χ1) is 8.20. The smallest absolute Gasteiger partial charge is 0.378 e. The summed E-state index contributed by atoms with van der Waals surface area (Å²) in [5.41, 5.74) is 0. The standard InChI is InChI=1S/C9H9BrN4O3/c1-2-16-9(15)8-11-12-13-14(8)5-6-3-4-7(10)17-6/h3-4H,2,5H2,1H3. The van der Waals surface area contributed by atoms with Crippen molar-refractivity contribution in [2.24, 2.45) is 0 Å². The number of ether oxygens (including phenoxy) is 1. The van der Waals surface area contributed by atoms with E-state index in [1.165, 1.54) is 4.68 Å². The van der Waals surface area contributed by atoms with Crippen molar-refractivity contribution in [1.82, 2.24) is 20.2 Å². The molecule has 8 heteroatoms. The molecule has 0 bridgehead atoms. The van der Waals surface area contributed by atoms with Crippen molar-refractivity contribution in [2.75, 3.05) is 6.61 Å². The van der Waals surface area contributed by atoms with Crippen molar-refractivity contribution < 1.29 is 13.9 Å². The molecule has 0 aliphatic heterocycles. The van der Waals surface area contributed by atoms with Crippen molar-refractivity contribution in [3.8, 4) is 0 Å². The number of carbonyl (C=O) groups excluding carboxylic acids is 1. The summed E-state index contributed by atoms with van der Waals surface area (Å²) in [7, 11) is 0. The van der Waals surface area contributed by atoms with Crippen LogP contribution in [0.3, 0.4) is 0 Å². The van der Waals surface area contributed by atoms with Crippen LogP contribution in [0.25, 0.3) is 0 Å². The number of tetrazole rings is 1. The summed E-state index contributed by atoms with van der Waals surface area (Å²) in [6.45, 7) is 2.26. The van der Waals surface area contributed by atoms with E-state index >= 15 is 0 Å². The fraction of sp³-hybridized carbons (Fsp3) is 0.333. The van der Waals surface area contributed by atoms with Crippen LogP contribution in [-0.4, -0.2) is 32.8 Å². The maximum absolute atomic E-state index is 11.5. The van der Waals surface area contributed by atoms with Gasteiger partial charge in [0, 0.05) is 0 Å². The molecule has 90 valence electrons. The molecule has 0 saturated heterocycles. The summed E-state index contributed by atoms with van der Waals surface area (Å²) in [5.74, 6) is 0.136. The zero-order valence-corrected chi connectivity index (χ0v) is 10.5. The molecule has 0 atom stereocenters. The van der Waals surface area contributed by atoms with Gasteiger partial charge in [-0.2, -0.15) is 0 Å². The first kappa shape index (κ1) is 11.8. The van der Waals surface area contributed by atoms with Crippen LogP contribution in [-0.2, 0) is 11.3 Å². The topological polar surface area (TPSA) is 83.0 Å². The quantitative estimate of drug-likeness (QED) is 0.790. The lowest BCUT2D eigenvalue weighted by Crippen LogP contribution is -2.14. The Kier molecular flexibility index (Phi) is 3.52. The van der Waals surface area contributed by atoms with Gasteiger partial charge in [0.15, 0.2) is 4.67 Å². The molecule has 2 rings (SSSR count). The van der Waals surface area contributed by atoms with Gasteiger partial charge >= 0.3 is 5.97 Å². The second kappa shape index (κ2) is 5.09. The number of hydrogen-bond acceptors (Lipinski definition) is 6. The minimum absolute atomic E-state index is 0.0550. The molecule has 0 aliphatic carbocycles. The van der Waals surface area contributed by atoms with E-state index in [4.69, 9.17) is 9.15 Å². The van der Waals surface area contributed by atoms with Crippen LogP contribution in [0.4, 0.5) is 0 Å². The van der Waals surface area contributed by atoms with Crippen molar-refractivity contribution in [2.45, 2.75) is 13.5 Å². The van der Waals surface area contributed by atoms with Crippen LogP contribution in [0, 0.1) is 0 Å². The number of carbonyl (C=O) groups is 1. The Bertz CT molecular complexity index is 522. The maximum atomic E-state index is 11.5. The second-order valence-electron chi connectivity index (χ2n) is 3.09. The van der Waals surface area contributed by atoms with Crippen molar-refractivity contribution >= 4 is 21.9 Å². The van der Waals surface area contributed by atoms with Crippen LogP contribution >= 0.6 is 15.9 Å². The molecular formula is C9H9BrN4O3. The molecule has 0 aliphatic rings. The van der Waals surface area contributed by atoms with Gasteiger partial charge in [-0.05, 0) is 45.4 Å². The second-order valence-corrected chi connectivity index (χ2v) is 3.87. The number of furan rings is 1. The van der Waals surface area contributed by atoms with Crippen molar-refractivity contribution in [3.05, 3.63) is 28.4 Å². The molecule has 0 aromatic carbocycles. The van der Waals surface area contributed by atoms with Crippen LogP contribution in [0.5, 0.6) is 0 Å². The first-order valence-electron chi connectivity index (χ1n) is 4.88. The molecule has 0 amide bonds. The minimum atomic E-state index is -0.553. The molecule has 2 aromatic heterocycles. The largest absolute Gasteiger partial charge is 0.460 e. The van der Waals surface area contributed by atoms with Crippen molar-refractivity contribution in [1.29, 1.82) is 0 Å². The first-order valence-corrected chi connectivity index (χ1v) is 5.67. The molecule has 7 nitrogen and oxygen atoms in total. The summed E-state index contributed by atoms with van der Waals surface area (Å²) in [5, 5.41) is 10.8. The predicted octanol–water partition coefficient (Wildman–Crippen LogP) is 1.25. The van der Waals surface area contributed by atoms with Gasteiger partial charge in [-0.15, -0.1) is 5.10 Å². The number of aromatic nitrogens is 4. The molecule has 0 unspecified atom stereocenters. The van der Waals surface area contributed by atoms with Crippen molar-refractivity contribution in [3.63, 3.8) is 0 Å². The highest BCUT2D eigenvalue weighted by atomic mass is 79.9. The third-order valence-corrected chi connectivity index (χ3v) is 2.35. The van der Waals surface area contributed by atoms with Gasteiger partial charge in [-0.3, -0.25) is 0 Å². The molecule has 17 heavy (non-hydrogen) atoms. The molecule has 0 spiro atoms. The fourth-order valence-electron chi connectivity index (χ4n) is 1.24. The molecule has 0 saturated carbocycles. The third-order valence-electron chi connectivity index (χ3n) is 1.92. The minimum Gasteiger partial charge on any atom is -0.460 e. The van der Waals surface area contributed by atoms with Gasteiger partial charge < -0.3 is 9.15 Å². The van der Waals surface area contributed by atoms with Gasteiger partial charge in [-0.25, -0.2) is 9.48 Å². The number of hydrogen-bond donors (Lipinski definition) is 0. The summed E-state index contributed by atoms with van der Waals surface area (Å²) in [6, 6.07) is 3.52. The van der Waals surface area contributed by atoms with E-state index < -0.39 is 5.97 Å². The van der Waals surface area contributed by atoms with Gasteiger partial charge in [0.25, 0.3) is 5.82 Å². The van der Waals surface area contributed by atoms with Gasteiger partial charge in [0.05, 0.1) is 6.61 Å². The number of halogens is 1. The Morgan fingerprint density at radius 2 is 2.41 bits per heavy atom. The Balaban J connectivity index is 2.16. The lowest BCUT2D eigenvalue weighted by atomic mass is 10.4. The van der Waals surface area contributed by atoms with E-state index in [1.807, 2.05) is 0 Å². The third kappa shape index (κ3) is 2.70. The molecule has 0 radical (unpaired) electrons. The van der Waals surface area contributed by atoms with Gasteiger partial charge in [-0.1, -0.05) is 0 Å². The predicted molar refractivity (Wildman–Crippen MR) is 59.3 cm³/mol. The average molecular weight is 301 g/mol. The van der Waals surface area contributed by atoms with Crippen LogP contribution in [0.2, 0.25) is 0 Å². The summed E-state index contributed by atoms with van der Waals surface area (Å²) >= 11 is 3.19. The van der Waals surface area contributed by atoms with Gasteiger partial charge in [0.2, 0.25) is 0 Å². The maximum Gasteiger partial charge on any atom is 0.378 e. The molecule has 2 heterocycles. The number of rotatable bonds is 4. The van der Waals surface area contributed by atoms with Crippen LogP contribution in [0.15, 0.2) is 21.2 Å². The van der Waals surface area contributed by atoms with E-state index in [1.54, 1.807) is 19.1 Å². The average Bonchev–Trinajstić information content (AvgIpc) is 2.89. The van der Waals surface area contributed by atoms with E-state index in [-0.39, 0.29) is 19.0 Å². The molecular weight excluding hydrogens is 292 g/mol. The highest BCUT2D eigenvalue weighted by molar-refractivity contribution is 9.10. The summed E-state index contributed by atoms with van der Waals surface area (Å²) in [6.07, 6.45) is 0. The molecule has 0 fully saturated rings. The van der Waals surface area contributed by atoms with E-state index in [0.717, 1.165) is 0 Å². The Hall–Kier alpha value is -1.70. The summed E-state index contributed by atoms with van der Waals surface area (Å²) in [4.78, 5) is 11.5. The zero-order chi connectivity index (χ0) is 12.3. The Labute approximate surface area is 105 Å². The van der Waals surface area contributed by atoms with Gasteiger partial charge in [0.1, 0.15) is 12.3 Å². The SMILES string of the molecule is CCOC(=O)c1nnnn1Cc1ccc(Br)o1. The van der Waals surface area contributed by atoms with E-state index in [0.29, 0.717) is 10.4 Å².